The van der Waals surface area contributed by atoms with Crippen LogP contribution in [-0.2, 0) is 16.1 Å². The van der Waals surface area contributed by atoms with Crippen LogP contribution in [0.15, 0.2) is 35.6 Å². The first-order chi connectivity index (χ1) is 15.0. The van der Waals surface area contributed by atoms with Crippen molar-refractivity contribution in [3.05, 3.63) is 47.4 Å². The Morgan fingerprint density at radius 3 is 2.68 bits per heavy atom. The molecule has 2 aliphatic heterocycles. The molecule has 8 heteroatoms. The van der Waals surface area contributed by atoms with Gasteiger partial charge in [-0.3, -0.25) is 9.79 Å². The van der Waals surface area contributed by atoms with Gasteiger partial charge in [0.25, 0.3) is 0 Å². The van der Waals surface area contributed by atoms with Crippen LogP contribution in [-0.4, -0.2) is 72.0 Å². The predicted molar refractivity (Wildman–Crippen MR) is 117 cm³/mol. The molecule has 162 valence electrons. The van der Waals surface area contributed by atoms with E-state index in [0.29, 0.717) is 19.6 Å². The molecule has 0 atom stereocenters. The van der Waals surface area contributed by atoms with Gasteiger partial charge in [0.1, 0.15) is 30.1 Å². The minimum Gasteiger partial charge on any atom is -0.488 e. The van der Waals surface area contributed by atoms with E-state index < -0.39 is 0 Å². The van der Waals surface area contributed by atoms with Gasteiger partial charge in [-0.25, -0.2) is 9.97 Å². The molecular weight excluding hydrogens is 394 g/mol. The molecule has 3 aliphatic rings. The average Bonchev–Trinajstić information content (AvgIpc) is 3.36. The van der Waals surface area contributed by atoms with Crippen LogP contribution < -0.4 is 9.64 Å². The lowest BCUT2D eigenvalue weighted by molar-refractivity contribution is -0.135. The van der Waals surface area contributed by atoms with E-state index in [9.17, 15) is 4.79 Å². The number of anilines is 1. The Kier molecular flexibility index (Phi) is 5.09. The SMILES string of the molecule is COCC(=O)N1CCN(c2cc(C3=NCc4ccc(OC5(C)CC5)cc43)ncn2)CC1. The number of hydrogen-bond donors (Lipinski definition) is 0. The van der Waals surface area contributed by atoms with Crippen molar-refractivity contribution >= 4 is 17.4 Å². The van der Waals surface area contributed by atoms with E-state index in [2.05, 4.69) is 33.9 Å². The summed E-state index contributed by atoms with van der Waals surface area (Å²) in [5, 5.41) is 0. The highest BCUT2D eigenvalue weighted by molar-refractivity contribution is 6.14. The molecule has 0 radical (unpaired) electrons. The van der Waals surface area contributed by atoms with Gasteiger partial charge in [0.15, 0.2) is 0 Å². The predicted octanol–water partition coefficient (Wildman–Crippen LogP) is 2.05. The van der Waals surface area contributed by atoms with E-state index >= 15 is 0 Å². The summed E-state index contributed by atoms with van der Waals surface area (Å²) in [4.78, 5) is 29.8. The van der Waals surface area contributed by atoms with Crippen molar-refractivity contribution in [1.82, 2.24) is 14.9 Å². The number of carbonyl (C=O) groups is 1. The van der Waals surface area contributed by atoms with Crippen LogP contribution in [0, 0.1) is 0 Å². The molecule has 2 aromatic rings. The number of benzene rings is 1. The lowest BCUT2D eigenvalue weighted by Crippen LogP contribution is -2.50. The quantitative estimate of drug-likeness (QED) is 0.710. The number of aliphatic imine (C=N–C) groups is 1. The summed E-state index contributed by atoms with van der Waals surface area (Å²) in [5.41, 5.74) is 3.96. The van der Waals surface area contributed by atoms with E-state index in [1.807, 2.05) is 17.0 Å². The fourth-order valence-corrected chi connectivity index (χ4v) is 4.06. The molecule has 1 aromatic heterocycles. The maximum Gasteiger partial charge on any atom is 0.248 e. The summed E-state index contributed by atoms with van der Waals surface area (Å²) in [6, 6.07) is 8.23. The summed E-state index contributed by atoms with van der Waals surface area (Å²) in [5.74, 6) is 1.78. The Morgan fingerprint density at radius 1 is 1.13 bits per heavy atom. The normalized spacial score (nSPS) is 19.1. The molecule has 1 saturated carbocycles. The van der Waals surface area contributed by atoms with E-state index in [-0.39, 0.29) is 18.1 Å². The molecule has 8 nitrogen and oxygen atoms in total. The van der Waals surface area contributed by atoms with Gasteiger partial charge in [0, 0.05) is 44.9 Å². The van der Waals surface area contributed by atoms with E-state index in [0.717, 1.165) is 54.5 Å². The molecule has 1 aromatic carbocycles. The minimum absolute atomic E-state index is 0.0149. The smallest absolute Gasteiger partial charge is 0.248 e. The monoisotopic (exact) mass is 421 g/mol. The zero-order valence-corrected chi connectivity index (χ0v) is 18.0. The average molecular weight is 422 g/mol. The molecule has 0 unspecified atom stereocenters. The number of rotatable bonds is 6. The first-order valence-electron chi connectivity index (χ1n) is 10.8. The second-order valence-corrected chi connectivity index (χ2v) is 8.60. The van der Waals surface area contributed by atoms with Gasteiger partial charge in [-0.1, -0.05) is 6.07 Å². The molecule has 31 heavy (non-hydrogen) atoms. The summed E-state index contributed by atoms with van der Waals surface area (Å²) >= 11 is 0. The van der Waals surface area contributed by atoms with Crippen molar-refractivity contribution in [3.63, 3.8) is 0 Å². The third kappa shape index (κ3) is 4.12. The van der Waals surface area contributed by atoms with Crippen molar-refractivity contribution in [2.24, 2.45) is 4.99 Å². The van der Waals surface area contributed by atoms with Gasteiger partial charge in [0.2, 0.25) is 5.91 Å². The number of fused-ring (bicyclic) bond motifs is 1. The first kappa shape index (κ1) is 19.9. The lowest BCUT2D eigenvalue weighted by Gasteiger charge is -2.35. The molecule has 0 spiro atoms. The van der Waals surface area contributed by atoms with Gasteiger partial charge >= 0.3 is 0 Å². The summed E-state index contributed by atoms with van der Waals surface area (Å²) in [6.45, 7) is 5.70. The summed E-state index contributed by atoms with van der Waals surface area (Å²) in [6.07, 6.45) is 3.80. The number of nitrogens with zero attached hydrogens (tertiary/aromatic N) is 5. The van der Waals surface area contributed by atoms with E-state index in [1.165, 1.54) is 5.56 Å². The topological polar surface area (TPSA) is 80.2 Å². The summed E-state index contributed by atoms with van der Waals surface area (Å²) in [7, 11) is 1.54. The van der Waals surface area contributed by atoms with Crippen LogP contribution in [0.1, 0.15) is 36.6 Å². The van der Waals surface area contributed by atoms with Gasteiger partial charge in [0.05, 0.1) is 18.0 Å². The van der Waals surface area contributed by atoms with Gasteiger partial charge in [-0.05, 0) is 37.5 Å². The molecule has 0 N–H and O–H groups in total. The lowest BCUT2D eigenvalue weighted by atomic mass is 10.0. The zero-order valence-electron chi connectivity index (χ0n) is 18.0. The number of ether oxygens (including phenoxy) is 2. The molecule has 1 aliphatic carbocycles. The van der Waals surface area contributed by atoms with Gasteiger partial charge < -0.3 is 19.3 Å². The Balaban J connectivity index is 1.32. The third-order valence-electron chi connectivity index (χ3n) is 6.18. The molecule has 5 rings (SSSR count). The molecule has 1 saturated heterocycles. The number of amides is 1. The fourth-order valence-electron chi connectivity index (χ4n) is 4.06. The van der Waals surface area contributed by atoms with Crippen LogP contribution in [0.3, 0.4) is 0 Å². The number of piperazine rings is 1. The van der Waals surface area contributed by atoms with Crippen LogP contribution in [0.25, 0.3) is 0 Å². The Hall–Kier alpha value is -3.00. The van der Waals surface area contributed by atoms with E-state index in [1.54, 1.807) is 13.4 Å². The molecule has 0 bridgehead atoms. The van der Waals surface area contributed by atoms with Gasteiger partial charge in [-0.2, -0.15) is 0 Å². The van der Waals surface area contributed by atoms with Crippen molar-refractivity contribution in [1.29, 1.82) is 0 Å². The highest BCUT2D eigenvalue weighted by Gasteiger charge is 2.40. The largest absolute Gasteiger partial charge is 0.488 e. The van der Waals surface area contributed by atoms with Crippen LogP contribution in [0.4, 0.5) is 5.82 Å². The van der Waals surface area contributed by atoms with E-state index in [4.69, 9.17) is 14.5 Å². The highest BCUT2D eigenvalue weighted by atomic mass is 16.5. The maximum atomic E-state index is 12.0. The highest BCUT2D eigenvalue weighted by Crippen LogP contribution is 2.40. The van der Waals surface area contributed by atoms with Crippen molar-refractivity contribution in [2.45, 2.75) is 31.9 Å². The number of aromatic nitrogens is 2. The molecular formula is C23H27N5O3. The zero-order chi connectivity index (χ0) is 21.4. The fraction of sp³-hybridized carbons (Fsp3) is 0.478. The standard InChI is InChI=1S/C23H27N5O3/c1-23(5-6-23)31-17-4-3-16-13-24-22(18(16)11-17)19-12-20(26-15-25-19)27-7-9-28(10-8-27)21(29)14-30-2/h3-4,11-12,15H,5-10,13-14H2,1-2H3. The summed E-state index contributed by atoms with van der Waals surface area (Å²) < 4.78 is 11.1. The van der Waals surface area contributed by atoms with Gasteiger partial charge in [-0.15, -0.1) is 0 Å². The molecule has 2 fully saturated rings. The van der Waals surface area contributed by atoms with Crippen LogP contribution >= 0.6 is 0 Å². The Labute approximate surface area is 181 Å². The number of carbonyl (C=O) groups excluding carboxylic acids is 1. The van der Waals surface area contributed by atoms with Crippen LogP contribution in [0.2, 0.25) is 0 Å². The second kappa shape index (κ2) is 7.92. The number of methoxy groups -OCH3 is 1. The van der Waals surface area contributed by atoms with Crippen molar-refractivity contribution < 1.29 is 14.3 Å². The van der Waals surface area contributed by atoms with Crippen molar-refractivity contribution in [2.75, 3.05) is 44.8 Å². The third-order valence-corrected chi connectivity index (χ3v) is 6.18. The molecule has 3 heterocycles. The minimum atomic E-state index is -0.0149. The number of hydrogen-bond acceptors (Lipinski definition) is 7. The Bertz CT molecular complexity index is 1030. The second-order valence-electron chi connectivity index (χ2n) is 8.60. The van der Waals surface area contributed by atoms with Crippen molar-refractivity contribution in [3.8, 4) is 5.75 Å². The van der Waals surface area contributed by atoms with Crippen LogP contribution in [0.5, 0.6) is 5.75 Å². The Morgan fingerprint density at radius 2 is 1.94 bits per heavy atom. The molecule has 1 amide bonds. The maximum absolute atomic E-state index is 12.0. The first-order valence-corrected chi connectivity index (χ1v) is 10.8.